The Kier molecular flexibility index (Phi) is 4.31. The van der Waals surface area contributed by atoms with Crippen LogP contribution in [-0.4, -0.2) is 30.3 Å². The third-order valence-corrected chi connectivity index (χ3v) is 2.47. The molecule has 4 heteroatoms. The molecular weight excluding hydrogens is 206 g/mol. The number of aliphatic carboxylic acids is 1. The number of hydrogen-bond acceptors (Lipinski definition) is 3. The Morgan fingerprint density at radius 3 is 2.56 bits per heavy atom. The molecule has 0 aliphatic rings. The van der Waals surface area contributed by atoms with E-state index in [0.717, 1.165) is 5.69 Å². The number of carbonyl (C=O) groups is 1. The zero-order valence-electron chi connectivity index (χ0n) is 9.56. The number of carboxylic acids is 1. The normalized spacial score (nSPS) is 14.1. The SMILES string of the molecule is COCCC(C)(Nc1ccccc1)C(=O)O. The third kappa shape index (κ3) is 3.24. The van der Waals surface area contributed by atoms with Gasteiger partial charge in [0.25, 0.3) is 0 Å². The van der Waals surface area contributed by atoms with Gasteiger partial charge in [-0.05, 0) is 19.1 Å². The lowest BCUT2D eigenvalue weighted by molar-refractivity contribution is -0.142. The summed E-state index contributed by atoms with van der Waals surface area (Å²) in [5, 5.41) is 12.2. The van der Waals surface area contributed by atoms with Crippen LogP contribution in [0.3, 0.4) is 0 Å². The highest BCUT2D eigenvalue weighted by Crippen LogP contribution is 2.18. The van der Waals surface area contributed by atoms with Crippen molar-refractivity contribution in [3.8, 4) is 0 Å². The van der Waals surface area contributed by atoms with Gasteiger partial charge < -0.3 is 15.2 Å². The van der Waals surface area contributed by atoms with Crippen molar-refractivity contribution < 1.29 is 14.6 Å². The Morgan fingerprint density at radius 2 is 2.06 bits per heavy atom. The molecule has 88 valence electrons. The van der Waals surface area contributed by atoms with Crippen molar-refractivity contribution >= 4 is 11.7 Å². The lowest BCUT2D eigenvalue weighted by atomic mass is 9.98. The molecule has 0 heterocycles. The topological polar surface area (TPSA) is 58.6 Å². The quantitative estimate of drug-likeness (QED) is 0.774. The minimum atomic E-state index is -1.00. The molecule has 0 fully saturated rings. The molecule has 0 saturated heterocycles. The van der Waals surface area contributed by atoms with Crippen LogP contribution in [-0.2, 0) is 9.53 Å². The number of benzene rings is 1. The lowest BCUT2D eigenvalue weighted by Gasteiger charge is -2.27. The summed E-state index contributed by atoms with van der Waals surface area (Å²) in [6, 6.07) is 9.29. The first-order chi connectivity index (χ1) is 7.58. The molecular formula is C12H17NO3. The van der Waals surface area contributed by atoms with E-state index in [4.69, 9.17) is 4.74 Å². The largest absolute Gasteiger partial charge is 0.480 e. The maximum atomic E-state index is 11.2. The number of ether oxygens (including phenoxy) is 1. The van der Waals surface area contributed by atoms with Crippen molar-refractivity contribution in [1.82, 2.24) is 0 Å². The van der Waals surface area contributed by atoms with Crippen molar-refractivity contribution in [2.45, 2.75) is 18.9 Å². The standard InChI is InChI=1S/C12H17NO3/c1-12(11(14)15,8-9-16-2)13-10-6-4-3-5-7-10/h3-7,13H,8-9H2,1-2H3,(H,14,15). The summed E-state index contributed by atoms with van der Waals surface area (Å²) in [6.07, 6.45) is 0.410. The van der Waals surface area contributed by atoms with Crippen LogP contribution in [0, 0.1) is 0 Å². The molecule has 1 atom stereocenters. The van der Waals surface area contributed by atoms with E-state index in [9.17, 15) is 9.90 Å². The first kappa shape index (κ1) is 12.5. The van der Waals surface area contributed by atoms with Crippen molar-refractivity contribution in [3.63, 3.8) is 0 Å². The lowest BCUT2D eigenvalue weighted by Crippen LogP contribution is -2.44. The summed E-state index contributed by atoms with van der Waals surface area (Å²) in [4.78, 5) is 11.2. The highest BCUT2D eigenvalue weighted by Gasteiger charge is 2.32. The van der Waals surface area contributed by atoms with Crippen molar-refractivity contribution in [1.29, 1.82) is 0 Å². The minimum Gasteiger partial charge on any atom is -0.480 e. The summed E-state index contributed by atoms with van der Waals surface area (Å²) in [5.41, 5.74) is -0.208. The summed E-state index contributed by atoms with van der Waals surface area (Å²) in [6.45, 7) is 2.06. The Morgan fingerprint density at radius 1 is 1.44 bits per heavy atom. The van der Waals surface area contributed by atoms with Gasteiger partial charge in [-0.2, -0.15) is 0 Å². The first-order valence-electron chi connectivity index (χ1n) is 5.14. The van der Waals surface area contributed by atoms with E-state index in [-0.39, 0.29) is 0 Å². The van der Waals surface area contributed by atoms with Gasteiger partial charge in [0.15, 0.2) is 0 Å². The van der Waals surface area contributed by atoms with E-state index >= 15 is 0 Å². The number of para-hydroxylation sites is 1. The molecule has 0 amide bonds. The molecule has 16 heavy (non-hydrogen) atoms. The Balaban J connectivity index is 2.75. The fourth-order valence-corrected chi connectivity index (χ4v) is 1.37. The maximum Gasteiger partial charge on any atom is 0.329 e. The predicted octanol–water partition coefficient (Wildman–Crippen LogP) is 1.98. The smallest absolute Gasteiger partial charge is 0.329 e. The van der Waals surface area contributed by atoms with Crippen LogP contribution in [0.25, 0.3) is 0 Å². The second-order valence-electron chi connectivity index (χ2n) is 3.87. The Labute approximate surface area is 95.2 Å². The molecule has 0 aliphatic heterocycles. The van der Waals surface area contributed by atoms with Crippen LogP contribution in [0.15, 0.2) is 30.3 Å². The summed E-state index contributed by atoms with van der Waals surface area (Å²) in [5.74, 6) is -0.881. The molecule has 0 saturated carbocycles. The van der Waals surface area contributed by atoms with Gasteiger partial charge in [-0.15, -0.1) is 0 Å². The summed E-state index contributed by atoms with van der Waals surface area (Å²) < 4.78 is 4.92. The van der Waals surface area contributed by atoms with E-state index in [1.807, 2.05) is 30.3 Å². The van der Waals surface area contributed by atoms with E-state index in [1.165, 1.54) is 0 Å². The van der Waals surface area contributed by atoms with Gasteiger partial charge in [0.2, 0.25) is 0 Å². The molecule has 0 aromatic heterocycles. The van der Waals surface area contributed by atoms with E-state index < -0.39 is 11.5 Å². The van der Waals surface area contributed by atoms with Gasteiger partial charge in [-0.3, -0.25) is 0 Å². The van der Waals surface area contributed by atoms with Crippen LogP contribution in [0.2, 0.25) is 0 Å². The molecule has 2 N–H and O–H groups in total. The zero-order valence-corrected chi connectivity index (χ0v) is 9.56. The first-order valence-corrected chi connectivity index (χ1v) is 5.14. The average Bonchev–Trinajstić information content (AvgIpc) is 2.27. The maximum absolute atomic E-state index is 11.2. The number of carboxylic acid groups (broad SMARTS) is 1. The highest BCUT2D eigenvalue weighted by molar-refractivity contribution is 5.82. The van der Waals surface area contributed by atoms with Gasteiger partial charge in [-0.25, -0.2) is 4.79 Å². The molecule has 1 rings (SSSR count). The van der Waals surface area contributed by atoms with Crippen molar-refractivity contribution in [2.24, 2.45) is 0 Å². The average molecular weight is 223 g/mol. The summed E-state index contributed by atoms with van der Waals surface area (Å²) in [7, 11) is 1.56. The highest BCUT2D eigenvalue weighted by atomic mass is 16.5. The van der Waals surface area contributed by atoms with Crippen LogP contribution in [0.5, 0.6) is 0 Å². The number of rotatable bonds is 6. The molecule has 1 aromatic carbocycles. The second kappa shape index (κ2) is 5.51. The van der Waals surface area contributed by atoms with E-state index in [0.29, 0.717) is 13.0 Å². The van der Waals surface area contributed by atoms with E-state index in [1.54, 1.807) is 14.0 Å². The Bertz CT molecular complexity index is 339. The second-order valence-corrected chi connectivity index (χ2v) is 3.87. The monoisotopic (exact) mass is 223 g/mol. The van der Waals surface area contributed by atoms with Gasteiger partial charge in [0, 0.05) is 25.8 Å². The predicted molar refractivity (Wildman–Crippen MR) is 62.6 cm³/mol. The number of hydrogen-bond donors (Lipinski definition) is 2. The van der Waals surface area contributed by atoms with E-state index in [2.05, 4.69) is 5.32 Å². The third-order valence-electron chi connectivity index (χ3n) is 2.47. The number of nitrogens with one attached hydrogen (secondary N) is 1. The van der Waals surface area contributed by atoms with Gasteiger partial charge in [0.1, 0.15) is 5.54 Å². The van der Waals surface area contributed by atoms with Crippen molar-refractivity contribution in [2.75, 3.05) is 19.0 Å². The van der Waals surface area contributed by atoms with Gasteiger partial charge in [-0.1, -0.05) is 18.2 Å². The minimum absolute atomic E-state index is 0.405. The van der Waals surface area contributed by atoms with Crippen molar-refractivity contribution in [3.05, 3.63) is 30.3 Å². The van der Waals surface area contributed by atoms with Crippen LogP contribution in [0.1, 0.15) is 13.3 Å². The molecule has 1 unspecified atom stereocenters. The number of methoxy groups -OCH3 is 1. The molecule has 0 radical (unpaired) electrons. The van der Waals surface area contributed by atoms with Crippen LogP contribution >= 0.6 is 0 Å². The molecule has 0 bridgehead atoms. The summed E-state index contributed by atoms with van der Waals surface area (Å²) >= 11 is 0. The van der Waals surface area contributed by atoms with Gasteiger partial charge in [0.05, 0.1) is 0 Å². The number of anilines is 1. The fraction of sp³-hybridized carbons (Fsp3) is 0.417. The van der Waals surface area contributed by atoms with Gasteiger partial charge >= 0.3 is 5.97 Å². The fourth-order valence-electron chi connectivity index (χ4n) is 1.37. The zero-order chi connectivity index (χ0) is 12.0. The van der Waals surface area contributed by atoms with Crippen LogP contribution in [0.4, 0.5) is 5.69 Å². The Hall–Kier alpha value is -1.55. The molecule has 4 nitrogen and oxygen atoms in total. The molecule has 1 aromatic rings. The molecule has 0 aliphatic carbocycles. The molecule has 0 spiro atoms. The van der Waals surface area contributed by atoms with Crippen LogP contribution < -0.4 is 5.32 Å².